The van der Waals surface area contributed by atoms with Crippen LogP contribution in [0.2, 0.25) is 0 Å². The van der Waals surface area contributed by atoms with Gasteiger partial charge < -0.3 is 14.2 Å². The molecule has 82 heavy (non-hydrogen) atoms. The minimum absolute atomic E-state index is 0.0700. The van der Waals surface area contributed by atoms with Crippen molar-refractivity contribution in [3.63, 3.8) is 0 Å². The van der Waals surface area contributed by atoms with Crippen molar-refractivity contribution in [1.29, 1.82) is 0 Å². The summed E-state index contributed by atoms with van der Waals surface area (Å²) in [5.41, 5.74) is 0. The van der Waals surface area contributed by atoms with Gasteiger partial charge in [0.15, 0.2) is 6.10 Å². The lowest BCUT2D eigenvalue weighted by molar-refractivity contribution is -0.167. The van der Waals surface area contributed by atoms with Gasteiger partial charge in [-0.15, -0.1) is 0 Å². The molecule has 1 atom stereocenters. The SMILES string of the molecule is CC/C=C\C/C=C\C/C=C\C/C=C\CCCCCCCCCCCCCCCCCCC(=O)OCC(COC(=O)CCCCCCCCCC)OC(=O)CCCCCCCCCCCCCCCCC/C=C\C/C=C\CCCCCCC. The van der Waals surface area contributed by atoms with Crippen LogP contribution in [0.4, 0.5) is 0 Å². The molecular formula is C76H136O6. The highest BCUT2D eigenvalue weighted by Crippen LogP contribution is 2.18. The number of ether oxygens (including phenoxy) is 3. The molecule has 0 aliphatic rings. The summed E-state index contributed by atoms with van der Waals surface area (Å²) < 4.78 is 16.9. The van der Waals surface area contributed by atoms with Crippen molar-refractivity contribution in [2.45, 2.75) is 380 Å². The van der Waals surface area contributed by atoms with Crippen molar-refractivity contribution in [3.05, 3.63) is 72.9 Å². The van der Waals surface area contributed by atoms with Crippen molar-refractivity contribution in [2.24, 2.45) is 0 Å². The lowest BCUT2D eigenvalue weighted by Crippen LogP contribution is -2.30. The van der Waals surface area contributed by atoms with E-state index in [1.165, 1.54) is 244 Å². The van der Waals surface area contributed by atoms with E-state index >= 15 is 0 Å². The summed E-state index contributed by atoms with van der Waals surface area (Å²) >= 11 is 0. The lowest BCUT2D eigenvalue weighted by Gasteiger charge is -2.18. The molecule has 6 heteroatoms. The Bertz CT molecular complexity index is 1500. The van der Waals surface area contributed by atoms with Crippen LogP contribution in [0.15, 0.2) is 72.9 Å². The molecule has 6 nitrogen and oxygen atoms in total. The first-order chi connectivity index (χ1) is 40.5. The summed E-state index contributed by atoms with van der Waals surface area (Å²) in [4.78, 5) is 38.3. The van der Waals surface area contributed by atoms with Gasteiger partial charge in [-0.1, -0.05) is 338 Å². The summed E-state index contributed by atoms with van der Waals surface area (Å²) in [5.74, 6) is -0.853. The van der Waals surface area contributed by atoms with Crippen LogP contribution in [0.1, 0.15) is 374 Å². The topological polar surface area (TPSA) is 78.9 Å². The average Bonchev–Trinajstić information content (AvgIpc) is 3.47. The first-order valence-electron chi connectivity index (χ1n) is 35.9. The molecule has 0 aliphatic carbocycles. The van der Waals surface area contributed by atoms with Gasteiger partial charge in [0.25, 0.3) is 0 Å². The molecule has 0 aromatic carbocycles. The summed E-state index contributed by atoms with van der Waals surface area (Å²) in [7, 11) is 0. The normalized spacial score (nSPS) is 12.5. The molecule has 0 rings (SSSR count). The zero-order valence-corrected chi connectivity index (χ0v) is 54.8. The number of hydrogen-bond donors (Lipinski definition) is 0. The van der Waals surface area contributed by atoms with Gasteiger partial charge in [0.1, 0.15) is 13.2 Å². The smallest absolute Gasteiger partial charge is 0.306 e. The summed E-state index contributed by atoms with van der Waals surface area (Å²) in [5, 5.41) is 0. The molecule has 0 saturated heterocycles. The molecule has 0 bridgehead atoms. The first kappa shape index (κ1) is 78.8. The third kappa shape index (κ3) is 67.6. The second-order valence-electron chi connectivity index (χ2n) is 24.1. The molecule has 0 fully saturated rings. The summed E-state index contributed by atoms with van der Waals surface area (Å²) in [6, 6.07) is 0. The van der Waals surface area contributed by atoms with Crippen molar-refractivity contribution in [3.8, 4) is 0 Å². The highest BCUT2D eigenvalue weighted by Gasteiger charge is 2.19. The van der Waals surface area contributed by atoms with Crippen molar-refractivity contribution in [2.75, 3.05) is 13.2 Å². The van der Waals surface area contributed by atoms with Crippen LogP contribution >= 0.6 is 0 Å². The van der Waals surface area contributed by atoms with E-state index in [0.29, 0.717) is 19.3 Å². The maximum Gasteiger partial charge on any atom is 0.306 e. The van der Waals surface area contributed by atoms with Gasteiger partial charge in [0, 0.05) is 19.3 Å². The number of hydrogen-bond acceptors (Lipinski definition) is 6. The third-order valence-corrected chi connectivity index (χ3v) is 15.9. The van der Waals surface area contributed by atoms with Crippen LogP contribution in [0.3, 0.4) is 0 Å². The molecule has 0 radical (unpaired) electrons. The minimum Gasteiger partial charge on any atom is -0.462 e. The predicted molar refractivity (Wildman–Crippen MR) is 358 cm³/mol. The van der Waals surface area contributed by atoms with Gasteiger partial charge in [0.2, 0.25) is 0 Å². The van der Waals surface area contributed by atoms with Gasteiger partial charge in [-0.25, -0.2) is 0 Å². The van der Waals surface area contributed by atoms with Gasteiger partial charge in [-0.05, 0) is 89.9 Å². The van der Waals surface area contributed by atoms with Crippen LogP contribution in [-0.2, 0) is 28.6 Å². The van der Waals surface area contributed by atoms with Crippen LogP contribution in [0.25, 0.3) is 0 Å². The Morgan fingerprint density at radius 1 is 0.256 bits per heavy atom. The largest absolute Gasteiger partial charge is 0.462 e. The van der Waals surface area contributed by atoms with E-state index in [2.05, 4.69) is 93.7 Å². The van der Waals surface area contributed by atoms with E-state index in [-0.39, 0.29) is 31.1 Å². The molecule has 1 unspecified atom stereocenters. The second kappa shape index (κ2) is 70.3. The van der Waals surface area contributed by atoms with E-state index < -0.39 is 6.10 Å². The number of unbranched alkanes of at least 4 members (excludes halogenated alkanes) is 43. The molecule has 0 aromatic rings. The number of carbonyl (C=O) groups excluding carboxylic acids is 3. The van der Waals surface area contributed by atoms with E-state index in [4.69, 9.17) is 14.2 Å². The quantitative estimate of drug-likeness (QED) is 0.0261. The fourth-order valence-corrected chi connectivity index (χ4v) is 10.6. The molecule has 0 spiro atoms. The second-order valence-corrected chi connectivity index (χ2v) is 24.1. The van der Waals surface area contributed by atoms with Crippen molar-refractivity contribution in [1.82, 2.24) is 0 Å². The van der Waals surface area contributed by atoms with E-state index in [1.807, 2.05) is 0 Å². The van der Waals surface area contributed by atoms with E-state index in [0.717, 1.165) is 89.9 Å². The summed E-state index contributed by atoms with van der Waals surface area (Å²) in [6.07, 6.45) is 92.4. The van der Waals surface area contributed by atoms with Crippen LogP contribution in [0, 0.1) is 0 Å². The third-order valence-electron chi connectivity index (χ3n) is 15.9. The molecular weight excluding hydrogens is 1010 g/mol. The molecule has 0 saturated carbocycles. The molecule has 0 aromatic heterocycles. The lowest BCUT2D eigenvalue weighted by atomic mass is 10.0. The van der Waals surface area contributed by atoms with Gasteiger partial charge in [0.05, 0.1) is 0 Å². The van der Waals surface area contributed by atoms with Gasteiger partial charge in [-0.3, -0.25) is 14.4 Å². The molecule has 476 valence electrons. The average molecular weight is 1150 g/mol. The Labute approximate surface area is 510 Å². The Morgan fingerprint density at radius 2 is 0.476 bits per heavy atom. The van der Waals surface area contributed by atoms with Crippen molar-refractivity contribution >= 4 is 17.9 Å². The zero-order chi connectivity index (χ0) is 59.2. The Kier molecular flexibility index (Phi) is 67.6. The Hall–Kier alpha value is -3.15. The first-order valence-corrected chi connectivity index (χ1v) is 35.9. The maximum atomic E-state index is 12.9. The fourth-order valence-electron chi connectivity index (χ4n) is 10.6. The summed E-state index contributed by atoms with van der Waals surface area (Å²) in [6.45, 7) is 6.54. The molecule has 0 amide bonds. The van der Waals surface area contributed by atoms with Gasteiger partial charge in [-0.2, -0.15) is 0 Å². The monoisotopic (exact) mass is 1150 g/mol. The van der Waals surface area contributed by atoms with Gasteiger partial charge >= 0.3 is 17.9 Å². The zero-order valence-electron chi connectivity index (χ0n) is 54.8. The van der Waals surface area contributed by atoms with Crippen LogP contribution in [0.5, 0.6) is 0 Å². The van der Waals surface area contributed by atoms with E-state index in [9.17, 15) is 14.4 Å². The molecule has 0 heterocycles. The molecule has 0 N–H and O–H groups in total. The van der Waals surface area contributed by atoms with Crippen LogP contribution in [-0.4, -0.2) is 37.2 Å². The van der Waals surface area contributed by atoms with Crippen LogP contribution < -0.4 is 0 Å². The minimum atomic E-state index is -0.772. The number of carbonyl (C=O) groups is 3. The number of allylic oxidation sites excluding steroid dienone is 12. The standard InChI is InChI=1S/C76H136O6/c1-4-7-10-13-16-19-21-23-25-27-29-31-33-35-37-38-40-41-43-45-47-49-51-53-55-57-60-63-66-69-75(78)81-72-73(71-80-74(77)68-65-62-59-18-15-12-9-6-3)82-76(79)70-67-64-61-58-56-54-52-50-48-46-44-42-39-36-34-32-30-28-26-24-22-20-17-14-11-8-5-2/h7,10,16,19,22-25,28-31,73H,4-6,8-9,11-15,17-18,20-21,26-27,32-72H2,1-3H3/b10-7-,19-16-,24-22-,25-23-,30-28-,31-29-. The number of rotatable bonds is 66. The predicted octanol–water partition coefficient (Wildman–Crippen LogP) is 24.8. The fraction of sp³-hybridized carbons (Fsp3) is 0.803. The van der Waals surface area contributed by atoms with E-state index in [1.54, 1.807) is 0 Å². The highest BCUT2D eigenvalue weighted by atomic mass is 16.6. The maximum absolute atomic E-state index is 12.9. The Morgan fingerprint density at radius 3 is 0.744 bits per heavy atom. The highest BCUT2D eigenvalue weighted by molar-refractivity contribution is 5.71. The number of esters is 3. The molecule has 0 aliphatic heterocycles. The van der Waals surface area contributed by atoms with Crippen molar-refractivity contribution < 1.29 is 28.6 Å². The Balaban J connectivity index is 4.07.